The third kappa shape index (κ3) is 38.3. The van der Waals surface area contributed by atoms with E-state index in [1.807, 2.05) is 6.08 Å². The van der Waals surface area contributed by atoms with Crippen LogP contribution in [0, 0.1) is 0 Å². The van der Waals surface area contributed by atoms with Gasteiger partial charge >= 0.3 is 25.7 Å². The molecule has 324 valence electrons. The van der Waals surface area contributed by atoms with Gasteiger partial charge < -0.3 is 25.2 Å². The van der Waals surface area contributed by atoms with Crippen molar-refractivity contribution < 1.29 is 47.5 Å². The lowest BCUT2D eigenvalue weighted by atomic mass is 10.1. The molecule has 0 rings (SSSR count). The fourth-order valence-electron chi connectivity index (χ4n) is 5.59. The first kappa shape index (κ1) is 53.4. The van der Waals surface area contributed by atoms with Gasteiger partial charge in [0, 0.05) is 12.8 Å². The van der Waals surface area contributed by atoms with Crippen LogP contribution >= 0.6 is 7.82 Å². The Hall–Kier alpha value is -2.56. The summed E-state index contributed by atoms with van der Waals surface area (Å²) in [6, 6.07) is -1.53. The highest BCUT2D eigenvalue weighted by Gasteiger charge is 2.28. The highest BCUT2D eigenvalue weighted by molar-refractivity contribution is 7.47. The van der Waals surface area contributed by atoms with Crippen LogP contribution in [-0.2, 0) is 37.5 Å². The van der Waals surface area contributed by atoms with Crippen LogP contribution in [0.4, 0.5) is 0 Å². The van der Waals surface area contributed by atoms with Crippen molar-refractivity contribution in [1.82, 2.24) is 0 Å². The van der Waals surface area contributed by atoms with Crippen molar-refractivity contribution in [3.8, 4) is 0 Å². The fraction of sp³-hybridized carbons (Fsp3) is 0.750. The number of aliphatic carboxylic acids is 1. The molecule has 0 bridgehead atoms. The summed E-state index contributed by atoms with van der Waals surface area (Å²) in [5.41, 5.74) is 5.33. The first-order valence-corrected chi connectivity index (χ1v) is 23.2. The molecule has 0 fully saturated rings. The number of carboxylic acids is 1. The van der Waals surface area contributed by atoms with E-state index in [0.29, 0.717) is 19.3 Å². The molecule has 0 aromatic rings. The Balaban J connectivity index is 4.45. The van der Waals surface area contributed by atoms with E-state index in [4.69, 9.17) is 24.8 Å². The Morgan fingerprint density at radius 1 is 0.554 bits per heavy atom. The summed E-state index contributed by atoms with van der Waals surface area (Å²) in [5, 5.41) is 8.88. The van der Waals surface area contributed by atoms with Crippen molar-refractivity contribution in [1.29, 1.82) is 0 Å². The first-order valence-electron chi connectivity index (χ1n) is 21.7. The van der Waals surface area contributed by atoms with E-state index in [1.165, 1.54) is 89.9 Å². The average molecular weight is 812 g/mol. The number of phosphoric ester groups is 1. The average Bonchev–Trinajstić information content (AvgIpc) is 3.17. The predicted octanol–water partition coefficient (Wildman–Crippen LogP) is 11.4. The molecule has 4 N–H and O–H groups in total. The molecule has 11 nitrogen and oxygen atoms in total. The Morgan fingerprint density at radius 2 is 0.982 bits per heavy atom. The second kappa shape index (κ2) is 39.3. The molecule has 56 heavy (non-hydrogen) atoms. The van der Waals surface area contributed by atoms with Gasteiger partial charge in [0.1, 0.15) is 12.6 Å². The van der Waals surface area contributed by atoms with Crippen LogP contribution in [0.5, 0.6) is 0 Å². The van der Waals surface area contributed by atoms with E-state index < -0.39 is 51.1 Å². The smallest absolute Gasteiger partial charge is 0.472 e. The van der Waals surface area contributed by atoms with Gasteiger partial charge in [-0.05, 0) is 64.2 Å². The number of unbranched alkanes of at least 4 members (excludes halogenated alkanes) is 18. The van der Waals surface area contributed by atoms with Gasteiger partial charge in [0.05, 0.1) is 13.2 Å². The standard InChI is InChI=1S/C44H78NO10P/c1-3-5-7-9-11-13-15-17-19-20-22-23-25-27-29-31-33-35-42(46)52-37-40(38-53-56(50,51)54-39-41(45)44(48)49)55-43(47)36-34-32-30-28-26-24-21-18-16-14-12-10-8-6-4-2/h10,12,17,19,22-23,27,29,40-41H,3-9,11,13-16,18,20-21,24-26,28,30-39,45H2,1-2H3,(H,48,49)(H,50,51)/b12-10+,19-17+,23-22+,29-27+/t40-,41+/m1/s1. The number of ether oxygens (including phenoxy) is 2. The van der Waals surface area contributed by atoms with Crippen molar-refractivity contribution >= 4 is 25.7 Å². The molecule has 1 unspecified atom stereocenters. The highest BCUT2D eigenvalue weighted by atomic mass is 31.2. The minimum Gasteiger partial charge on any atom is -0.480 e. The lowest BCUT2D eigenvalue weighted by Gasteiger charge is -2.20. The van der Waals surface area contributed by atoms with Crippen LogP contribution in [0.1, 0.15) is 181 Å². The monoisotopic (exact) mass is 812 g/mol. The molecular weight excluding hydrogens is 733 g/mol. The van der Waals surface area contributed by atoms with Gasteiger partial charge in [-0.3, -0.25) is 23.4 Å². The Bertz CT molecular complexity index is 1140. The van der Waals surface area contributed by atoms with Crippen LogP contribution in [0.25, 0.3) is 0 Å². The molecular formula is C44H78NO10P. The topological polar surface area (TPSA) is 172 Å². The zero-order valence-electron chi connectivity index (χ0n) is 35.0. The summed E-state index contributed by atoms with van der Waals surface area (Å²) < 4.78 is 32.6. The van der Waals surface area contributed by atoms with Gasteiger partial charge in [-0.15, -0.1) is 0 Å². The largest absolute Gasteiger partial charge is 0.480 e. The van der Waals surface area contributed by atoms with Crippen molar-refractivity contribution in [2.45, 2.75) is 193 Å². The number of esters is 2. The summed E-state index contributed by atoms with van der Waals surface area (Å²) in [4.78, 5) is 45.9. The zero-order chi connectivity index (χ0) is 41.4. The Kier molecular flexibility index (Phi) is 37.5. The molecule has 0 heterocycles. The summed E-state index contributed by atoms with van der Waals surface area (Å²) in [6.45, 7) is 2.71. The third-order valence-electron chi connectivity index (χ3n) is 9.05. The normalized spacial score (nSPS) is 14.2. The maximum absolute atomic E-state index is 12.6. The van der Waals surface area contributed by atoms with Crippen molar-refractivity contribution in [2.75, 3.05) is 19.8 Å². The number of allylic oxidation sites excluding steroid dienone is 8. The third-order valence-corrected chi connectivity index (χ3v) is 10.0. The number of carboxylic acid groups (broad SMARTS) is 1. The SMILES string of the molecule is CCCC/C=C/CCCCCCCCCCCC(=O)O[C@H](COC(=O)CCC/C=C/C/C=C/C/C=C/CCCCCCCC)COP(=O)(O)OC[C@H](N)C(=O)O. The maximum Gasteiger partial charge on any atom is 0.472 e. The summed E-state index contributed by atoms with van der Waals surface area (Å²) in [6.07, 6.45) is 43.2. The molecule has 0 aliphatic heterocycles. The van der Waals surface area contributed by atoms with Gasteiger partial charge in [-0.2, -0.15) is 0 Å². The second-order valence-corrected chi connectivity index (χ2v) is 15.9. The summed E-state index contributed by atoms with van der Waals surface area (Å²) >= 11 is 0. The van der Waals surface area contributed by atoms with E-state index in [-0.39, 0.29) is 19.4 Å². The molecule has 0 saturated carbocycles. The Morgan fingerprint density at radius 3 is 1.54 bits per heavy atom. The molecule has 0 radical (unpaired) electrons. The number of carbonyl (C=O) groups is 3. The number of phosphoric acid groups is 1. The van der Waals surface area contributed by atoms with Crippen molar-refractivity contribution in [3.05, 3.63) is 48.6 Å². The minimum absolute atomic E-state index is 0.147. The van der Waals surface area contributed by atoms with Crippen LogP contribution in [-0.4, -0.2) is 59.9 Å². The molecule has 0 saturated heterocycles. The van der Waals surface area contributed by atoms with E-state index in [0.717, 1.165) is 44.9 Å². The first-order chi connectivity index (χ1) is 27.1. The van der Waals surface area contributed by atoms with E-state index >= 15 is 0 Å². The van der Waals surface area contributed by atoms with Crippen LogP contribution < -0.4 is 5.73 Å². The number of rotatable bonds is 40. The maximum atomic E-state index is 12.6. The highest BCUT2D eigenvalue weighted by Crippen LogP contribution is 2.43. The van der Waals surface area contributed by atoms with Crippen LogP contribution in [0.15, 0.2) is 48.6 Å². The zero-order valence-corrected chi connectivity index (χ0v) is 35.9. The number of nitrogens with two attached hydrogens (primary N) is 1. The van der Waals surface area contributed by atoms with Gasteiger partial charge in [0.2, 0.25) is 0 Å². The molecule has 0 spiro atoms. The summed E-state index contributed by atoms with van der Waals surface area (Å²) in [7, 11) is -4.73. The van der Waals surface area contributed by atoms with Gasteiger partial charge in [0.25, 0.3) is 0 Å². The molecule has 0 aliphatic rings. The molecule has 0 aromatic heterocycles. The lowest BCUT2D eigenvalue weighted by molar-refractivity contribution is -0.161. The molecule has 0 aliphatic carbocycles. The van der Waals surface area contributed by atoms with E-state index in [9.17, 15) is 23.8 Å². The molecule has 3 atom stereocenters. The second-order valence-electron chi connectivity index (χ2n) is 14.5. The molecule has 0 aromatic carbocycles. The quantitative estimate of drug-likeness (QED) is 0.0233. The minimum atomic E-state index is -4.73. The van der Waals surface area contributed by atoms with Crippen molar-refractivity contribution in [2.24, 2.45) is 5.73 Å². The number of hydrogen-bond donors (Lipinski definition) is 3. The van der Waals surface area contributed by atoms with E-state index in [1.54, 1.807) is 0 Å². The summed E-state index contributed by atoms with van der Waals surface area (Å²) in [5.74, 6) is -2.45. The van der Waals surface area contributed by atoms with E-state index in [2.05, 4.69) is 60.9 Å². The number of carbonyl (C=O) groups excluding carboxylic acids is 2. The molecule has 0 amide bonds. The fourth-order valence-corrected chi connectivity index (χ4v) is 6.37. The van der Waals surface area contributed by atoms with Crippen LogP contribution in [0.2, 0.25) is 0 Å². The number of hydrogen-bond acceptors (Lipinski definition) is 9. The molecule has 12 heteroatoms. The lowest BCUT2D eigenvalue weighted by Crippen LogP contribution is -2.34. The van der Waals surface area contributed by atoms with Gasteiger partial charge in [-0.25, -0.2) is 4.57 Å². The van der Waals surface area contributed by atoms with Crippen LogP contribution in [0.3, 0.4) is 0 Å². The Labute approximate surface area is 339 Å². The van der Waals surface area contributed by atoms with Gasteiger partial charge in [-0.1, -0.05) is 152 Å². The predicted molar refractivity (Wildman–Crippen MR) is 226 cm³/mol. The van der Waals surface area contributed by atoms with Gasteiger partial charge in [0.15, 0.2) is 6.10 Å². The van der Waals surface area contributed by atoms with Crippen molar-refractivity contribution in [3.63, 3.8) is 0 Å².